The quantitative estimate of drug-likeness (QED) is 0.938. The SMILES string of the molecule is CC(=O)C1=C(O)C(=O)N(Cc2ccccc2)[C@H]1c1ccc(F)cc1. The van der Waals surface area contributed by atoms with Gasteiger partial charge in [0.15, 0.2) is 11.5 Å². The van der Waals surface area contributed by atoms with Gasteiger partial charge in [-0.25, -0.2) is 4.39 Å². The number of hydrogen-bond acceptors (Lipinski definition) is 3. The van der Waals surface area contributed by atoms with Crippen LogP contribution in [0.3, 0.4) is 0 Å². The van der Waals surface area contributed by atoms with Crippen LogP contribution in [0, 0.1) is 5.82 Å². The third kappa shape index (κ3) is 2.80. The van der Waals surface area contributed by atoms with Crippen LogP contribution in [0.1, 0.15) is 24.1 Å². The van der Waals surface area contributed by atoms with Gasteiger partial charge in [0, 0.05) is 6.54 Å². The number of benzene rings is 2. The lowest BCUT2D eigenvalue weighted by Gasteiger charge is -2.26. The molecule has 0 spiro atoms. The van der Waals surface area contributed by atoms with Crippen LogP contribution in [0.25, 0.3) is 0 Å². The van der Waals surface area contributed by atoms with Crippen LogP contribution in [-0.4, -0.2) is 21.7 Å². The molecule has 0 unspecified atom stereocenters. The van der Waals surface area contributed by atoms with E-state index in [4.69, 9.17) is 0 Å². The van der Waals surface area contributed by atoms with Gasteiger partial charge in [-0.2, -0.15) is 0 Å². The van der Waals surface area contributed by atoms with Crippen molar-refractivity contribution in [3.8, 4) is 0 Å². The van der Waals surface area contributed by atoms with E-state index in [-0.39, 0.29) is 17.9 Å². The first kappa shape index (κ1) is 15.9. The van der Waals surface area contributed by atoms with Crippen LogP contribution in [-0.2, 0) is 16.1 Å². The van der Waals surface area contributed by atoms with Gasteiger partial charge in [-0.3, -0.25) is 9.59 Å². The highest BCUT2D eigenvalue weighted by Crippen LogP contribution is 2.38. The maximum atomic E-state index is 13.2. The van der Waals surface area contributed by atoms with Crippen molar-refractivity contribution in [2.45, 2.75) is 19.5 Å². The predicted octanol–water partition coefficient (Wildman–Crippen LogP) is 3.31. The second-order valence-electron chi connectivity index (χ2n) is 5.69. The highest BCUT2D eigenvalue weighted by atomic mass is 19.1. The number of halogens is 1. The molecule has 0 fully saturated rings. The molecule has 0 saturated carbocycles. The Hall–Kier alpha value is -2.95. The predicted molar refractivity (Wildman–Crippen MR) is 86.5 cm³/mol. The van der Waals surface area contributed by atoms with Crippen molar-refractivity contribution < 1.29 is 19.1 Å². The summed E-state index contributed by atoms with van der Waals surface area (Å²) in [6.45, 7) is 1.55. The normalized spacial score (nSPS) is 17.5. The zero-order chi connectivity index (χ0) is 17.3. The minimum Gasteiger partial charge on any atom is -0.503 e. The van der Waals surface area contributed by atoms with Crippen molar-refractivity contribution in [1.82, 2.24) is 4.90 Å². The number of aliphatic hydroxyl groups is 1. The molecule has 0 aliphatic carbocycles. The molecule has 5 heteroatoms. The zero-order valence-electron chi connectivity index (χ0n) is 13.1. The fourth-order valence-corrected chi connectivity index (χ4v) is 2.95. The Morgan fingerprint density at radius 2 is 1.75 bits per heavy atom. The molecule has 1 aliphatic rings. The second-order valence-corrected chi connectivity index (χ2v) is 5.69. The van der Waals surface area contributed by atoms with Crippen LogP contribution in [0.4, 0.5) is 4.39 Å². The van der Waals surface area contributed by atoms with Gasteiger partial charge in [-0.15, -0.1) is 0 Å². The minimum absolute atomic E-state index is 0.0440. The first-order valence-electron chi connectivity index (χ1n) is 7.53. The molecule has 2 aromatic rings. The van der Waals surface area contributed by atoms with E-state index in [1.165, 1.54) is 36.1 Å². The molecule has 0 bridgehead atoms. The number of aliphatic hydroxyl groups excluding tert-OH is 1. The average molecular weight is 325 g/mol. The summed E-state index contributed by atoms with van der Waals surface area (Å²) in [5, 5.41) is 10.2. The van der Waals surface area contributed by atoms with E-state index in [0.717, 1.165) is 5.56 Å². The highest BCUT2D eigenvalue weighted by Gasteiger charge is 2.42. The summed E-state index contributed by atoms with van der Waals surface area (Å²) < 4.78 is 13.2. The summed E-state index contributed by atoms with van der Waals surface area (Å²) in [6, 6.07) is 14.1. The van der Waals surface area contributed by atoms with Gasteiger partial charge in [0.25, 0.3) is 5.91 Å². The monoisotopic (exact) mass is 325 g/mol. The highest BCUT2D eigenvalue weighted by molar-refractivity contribution is 6.08. The summed E-state index contributed by atoms with van der Waals surface area (Å²) in [4.78, 5) is 25.9. The van der Waals surface area contributed by atoms with Gasteiger partial charge in [-0.1, -0.05) is 42.5 Å². The molecule has 3 rings (SSSR count). The van der Waals surface area contributed by atoms with Crippen LogP contribution in [0.2, 0.25) is 0 Å². The molecule has 1 N–H and O–H groups in total. The average Bonchev–Trinajstić information content (AvgIpc) is 2.82. The molecule has 1 atom stereocenters. The summed E-state index contributed by atoms with van der Waals surface area (Å²) in [5.74, 6) is -1.92. The Bertz CT molecular complexity index is 812. The molecule has 2 aromatic carbocycles. The largest absolute Gasteiger partial charge is 0.503 e. The fourth-order valence-electron chi connectivity index (χ4n) is 2.95. The maximum absolute atomic E-state index is 13.2. The summed E-state index contributed by atoms with van der Waals surface area (Å²) in [5.41, 5.74) is 1.49. The van der Waals surface area contributed by atoms with Gasteiger partial charge in [0.1, 0.15) is 5.82 Å². The van der Waals surface area contributed by atoms with Gasteiger partial charge in [-0.05, 0) is 30.2 Å². The van der Waals surface area contributed by atoms with Crippen molar-refractivity contribution in [3.63, 3.8) is 0 Å². The van der Waals surface area contributed by atoms with Gasteiger partial charge < -0.3 is 10.0 Å². The van der Waals surface area contributed by atoms with Crippen LogP contribution in [0.15, 0.2) is 65.9 Å². The van der Waals surface area contributed by atoms with Gasteiger partial charge in [0.05, 0.1) is 11.6 Å². The molecule has 24 heavy (non-hydrogen) atoms. The summed E-state index contributed by atoms with van der Waals surface area (Å²) in [7, 11) is 0. The third-order valence-corrected chi connectivity index (χ3v) is 4.06. The molecule has 1 heterocycles. The summed E-state index contributed by atoms with van der Waals surface area (Å²) in [6.07, 6.45) is 0. The van der Waals surface area contributed by atoms with Crippen molar-refractivity contribution in [3.05, 3.63) is 82.9 Å². The summed E-state index contributed by atoms with van der Waals surface area (Å²) >= 11 is 0. The van der Waals surface area contributed by atoms with E-state index in [1.807, 2.05) is 30.3 Å². The lowest BCUT2D eigenvalue weighted by Crippen LogP contribution is -2.30. The van der Waals surface area contributed by atoms with E-state index in [9.17, 15) is 19.1 Å². The maximum Gasteiger partial charge on any atom is 0.290 e. The van der Waals surface area contributed by atoms with Crippen molar-refractivity contribution in [2.75, 3.05) is 0 Å². The molecule has 0 aromatic heterocycles. The zero-order valence-corrected chi connectivity index (χ0v) is 13.1. The van der Waals surface area contributed by atoms with Crippen LogP contribution < -0.4 is 0 Å². The molecular weight excluding hydrogens is 309 g/mol. The topological polar surface area (TPSA) is 57.6 Å². The van der Waals surface area contributed by atoms with Crippen molar-refractivity contribution in [1.29, 1.82) is 0 Å². The van der Waals surface area contributed by atoms with Crippen LogP contribution in [0.5, 0.6) is 0 Å². The molecule has 0 radical (unpaired) electrons. The van der Waals surface area contributed by atoms with Gasteiger partial charge >= 0.3 is 0 Å². The number of amides is 1. The minimum atomic E-state index is -0.726. The van der Waals surface area contributed by atoms with Crippen molar-refractivity contribution >= 4 is 11.7 Å². The Balaban J connectivity index is 2.04. The molecule has 1 aliphatic heterocycles. The van der Waals surface area contributed by atoms with Crippen molar-refractivity contribution in [2.24, 2.45) is 0 Å². The number of Topliss-reactive ketones (excluding diaryl/α,β-unsaturated/α-hetero) is 1. The standard InChI is InChI=1S/C19H16FNO3/c1-12(22)16-17(14-7-9-15(20)10-8-14)21(19(24)18(16)23)11-13-5-3-2-4-6-13/h2-10,17,23H,11H2,1H3/t17-/m0/s1. The number of rotatable bonds is 4. The van der Waals surface area contributed by atoms with E-state index in [2.05, 4.69) is 0 Å². The Labute approximate surface area is 138 Å². The fraction of sp³-hybridized carbons (Fsp3) is 0.158. The first-order chi connectivity index (χ1) is 11.5. The smallest absolute Gasteiger partial charge is 0.290 e. The molecule has 0 saturated heterocycles. The lowest BCUT2D eigenvalue weighted by molar-refractivity contribution is -0.130. The third-order valence-electron chi connectivity index (χ3n) is 4.06. The number of carbonyl (C=O) groups excluding carboxylic acids is 2. The van der Waals surface area contributed by atoms with E-state index >= 15 is 0 Å². The van der Waals surface area contributed by atoms with E-state index in [0.29, 0.717) is 5.56 Å². The van der Waals surface area contributed by atoms with Crippen LogP contribution >= 0.6 is 0 Å². The molecule has 1 amide bonds. The Morgan fingerprint density at radius 3 is 2.33 bits per heavy atom. The number of carbonyl (C=O) groups is 2. The van der Waals surface area contributed by atoms with E-state index in [1.54, 1.807) is 0 Å². The van der Waals surface area contributed by atoms with Gasteiger partial charge in [0.2, 0.25) is 0 Å². The van der Waals surface area contributed by atoms with E-state index < -0.39 is 23.5 Å². The number of nitrogens with zero attached hydrogens (tertiary/aromatic N) is 1. The lowest BCUT2D eigenvalue weighted by atomic mass is 9.96. The second kappa shape index (κ2) is 6.28. The number of ketones is 1. The molecule has 122 valence electrons. The first-order valence-corrected chi connectivity index (χ1v) is 7.53. The molecule has 4 nitrogen and oxygen atoms in total. The molecular formula is C19H16FNO3. The Morgan fingerprint density at radius 1 is 1.12 bits per heavy atom. The Kier molecular flexibility index (Phi) is 4.16. The number of hydrogen-bond donors (Lipinski definition) is 1.